The van der Waals surface area contributed by atoms with Crippen LogP contribution in [0.2, 0.25) is 5.02 Å². The molecule has 2 N–H and O–H groups in total. The lowest BCUT2D eigenvalue weighted by Crippen LogP contribution is -2.37. The summed E-state index contributed by atoms with van der Waals surface area (Å²) in [5.41, 5.74) is 0.853. The molecule has 130 valence electrons. The molecule has 0 bridgehead atoms. The molecular weight excluding hydrogens is 318 g/mol. The number of benzene rings is 1. The fourth-order valence-corrected chi connectivity index (χ4v) is 2.49. The van der Waals surface area contributed by atoms with E-state index in [0.29, 0.717) is 42.0 Å². The van der Waals surface area contributed by atoms with E-state index in [-0.39, 0.29) is 0 Å². The molecule has 5 nitrogen and oxygen atoms in total. The second kappa shape index (κ2) is 9.63. The predicted molar refractivity (Wildman–Crippen MR) is 91.5 cm³/mol. The molecule has 0 aliphatic rings. The fraction of sp³-hybridized carbons (Fsp3) is 0.588. The van der Waals surface area contributed by atoms with E-state index in [2.05, 4.69) is 5.32 Å². The SMILES string of the molecule is CCCOc1c(Cl)cc(CN[C@@H](CC(C)C)C(=O)O)cc1OC. The fourth-order valence-electron chi connectivity index (χ4n) is 2.20. The summed E-state index contributed by atoms with van der Waals surface area (Å²) in [4.78, 5) is 11.3. The summed E-state index contributed by atoms with van der Waals surface area (Å²) < 4.78 is 10.9. The van der Waals surface area contributed by atoms with Gasteiger partial charge < -0.3 is 19.9 Å². The number of hydrogen-bond donors (Lipinski definition) is 2. The van der Waals surface area contributed by atoms with Crippen LogP contribution in [-0.4, -0.2) is 30.8 Å². The highest BCUT2D eigenvalue weighted by Gasteiger charge is 2.19. The van der Waals surface area contributed by atoms with Crippen LogP contribution >= 0.6 is 11.6 Å². The summed E-state index contributed by atoms with van der Waals surface area (Å²) in [5.74, 6) is 0.529. The molecule has 0 aliphatic carbocycles. The minimum Gasteiger partial charge on any atom is -0.493 e. The molecule has 23 heavy (non-hydrogen) atoms. The number of halogens is 1. The molecule has 1 atom stereocenters. The quantitative estimate of drug-likeness (QED) is 0.677. The van der Waals surface area contributed by atoms with Crippen LogP contribution in [0.5, 0.6) is 11.5 Å². The van der Waals surface area contributed by atoms with Crippen molar-refractivity contribution in [2.24, 2.45) is 5.92 Å². The van der Waals surface area contributed by atoms with E-state index in [1.807, 2.05) is 26.8 Å². The predicted octanol–water partition coefficient (Wildman–Crippen LogP) is 3.73. The lowest BCUT2D eigenvalue weighted by atomic mass is 10.0. The molecule has 0 unspecified atom stereocenters. The minimum absolute atomic E-state index is 0.298. The second-order valence-corrected chi connectivity index (χ2v) is 6.27. The zero-order chi connectivity index (χ0) is 17.4. The number of aliphatic carboxylic acids is 1. The van der Waals surface area contributed by atoms with Crippen molar-refractivity contribution >= 4 is 17.6 Å². The van der Waals surface area contributed by atoms with E-state index in [1.54, 1.807) is 13.2 Å². The third-order valence-electron chi connectivity index (χ3n) is 3.30. The Morgan fingerprint density at radius 1 is 1.39 bits per heavy atom. The van der Waals surface area contributed by atoms with Crippen molar-refractivity contribution in [3.05, 3.63) is 22.7 Å². The Morgan fingerprint density at radius 3 is 2.61 bits per heavy atom. The number of carboxylic acid groups (broad SMARTS) is 1. The van der Waals surface area contributed by atoms with Crippen LogP contribution in [0.1, 0.15) is 39.2 Å². The van der Waals surface area contributed by atoms with Gasteiger partial charge in [-0.05, 0) is 36.5 Å². The monoisotopic (exact) mass is 343 g/mol. The lowest BCUT2D eigenvalue weighted by Gasteiger charge is -2.18. The van der Waals surface area contributed by atoms with Gasteiger partial charge in [-0.2, -0.15) is 0 Å². The van der Waals surface area contributed by atoms with Crippen molar-refractivity contribution in [1.82, 2.24) is 5.32 Å². The van der Waals surface area contributed by atoms with Crippen LogP contribution in [-0.2, 0) is 11.3 Å². The average Bonchev–Trinajstić information content (AvgIpc) is 2.49. The molecule has 0 saturated heterocycles. The van der Waals surface area contributed by atoms with Gasteiger partial charge in [-0.1, -0.05) is 32.4 Å². The number of methoxy groups -OCH3 is 1. The van der Waals surface area contributed by atoms with Crippen LogP contribution in [0.25, 0.3) is 0 Å². The summed E-state index contributed by atoms with van der Waals surface area (Å²) in [7, 11) is 1.56. The van der Waals surface area contributed by atoms with Crippen molar-refractivity contribution in [1.29, 1.82) is 0 Å². The molecule has 0 radical (unpaired) electrons. The van der Waals surface area contributed by atoms with Gasteiger partial charge in [0.25, 0.3) is 0 Å². The molecule has 0 saturated carbocycles. The molecular formula is C17H26ClNO4. The maximum absolute atomic E-state index is 11.3. The first kappa shape index (κ1) is 19.6. The largest absolute Gasteiger partial charge is 0.493 e. The van der Waals surface area contributed by atoms with Crippen molar-refractivity contribution in [3.8, 4) is 11.5 Å². The number of carboxylic acids is 1. The van der Waals surface area contributed by atoms with Crippen molar-refractivity contribution in [2.75, 3.05) is 13.7 Å². The first-order valence-electron chi connectivity index (χ1n) is 7.84. The highest BCUT2D eigenvalue weighted by Crippen LogP contribution is 2.36. The summed E-state index contributed by atoms with van der Waals surface area (Å²) in [6.45, 7) is 6.96. The molecule has 0 heterocycles. The Bertz CT molecular complexity index is 520. The van der Waals surface area contributed by atoms with Gasteiger partial charge in [0, 0.05) is 6.54 Å². The van der Waals surface area contributed by atoms with Crippen LogP contribution in [0, 0.1) is 5.92 Å². The minimum atomic E-state index is -0.848. The third-order valence-corrected chi connectivity index (χ3v) is 3.58. The maximum Gasteiger partial charge on any atom is 0.320 e. The number of nitrogens with one attached hydrogen (secondary N) is 1. The zero-order valence-corrected chi connectivity index (χ0v) is 14.9. The van der Waals surface area contributed by atoms with Crippen LogP contribution in [0.15, 0.2) is 12.1 Å². The zero-order valence-electron chi connectivity index (χ0n) is 14.2. The highest BCUT2D eigenvalue weighted by molar-refractivity contribution is 6.32. The van der Waals surface area contributed by atoms with Gasteiger partial charge in [0.05, 0.1) is 18.7 Å². The van der Waals surface area contributed by atoms with Crippen LogP contribution < -0.4 is 14.8 Å². The molecule has 1 aromatic carbocycles. The number of hydrogen-bond acceptors (Lipinski definition) is 4. The first-order valence-corrected chi connectivity index (χ1v) is 8.22. The normalized spacial score (nSPS) is 12.3. The standard InChI is InChI=1S/C17H26ClNO4/c1-5-6-23-16-13(18)8-12(9-15(16)22-4)10-19-14(17(20)21)7-11(2)3/h8-9,11,14,19H,5-7,10H2,1-4H3,(H,20,21)/t14-/m0/s1. The molecule has 6 heteroatoms. The van der Waals surface area contributed by atoms with E-state index >= 15 is 0 Å². The molecule has 0 aromatic heterocycles. The second-order valence-electron chi connectivity index (χ2n) is 5.86. The van der Waals surface area contributed by atoms with Crippen LogP contribution in [0.4, 0.5) is 0 Å². The maximum atomic E-state index is 11.3. The van der Waals surface area contributed by atoms with Crippen molar-refractivity contribution in [2.45, 2.75) is 46.2 Å². The summed E-state index contributed by atoms with van der Waals surface area (Å²) in [6.07, 6.45) is 1.44. The Labute approximate surface area is 142 Å². The number of ether oxygens (including phenoxy) is 2. The van der Waals surface area contributed by atoms with Crippen molar-refractivity contribution in [3.63, 3.8) is 0 Å². The van der Waals surface area contributed by atoms with E-state index in [0.717, 1.165) is 12.0 Å². The van der Waals surface area contributed by atoms with Gasteiger partial charge in [-0.25, -0.2) is 0 Å². The number of carbonyl (C=O) groups is 1. The molecule has 0 fully saturated rings. The van der Waals surface area contributed by atoms with E-state index in [1.165, 1.54) is 0 Å². The van der Waals surface area contributed by atoms with Crippen molar-refractivity contribution < 1.29 is 19.4 Å². The first-order chi connectivity index (χ1) is 10.9. The van der Waals surface area contributed by atoms with E-state index < -0.39 is 12.0 Å². The van der Waals surface area contributed by atoms with Gasteiger partial charge in [0.15, 0.2) is 11.5 Å². The van der Waals surface area contributed by atoms with Gasteiger partial charge in [0.1, 0.15) is 6.04 Å². The van der Waals surface area contributed by atoms with Gasteiger partial charge in [0.2, 0.25) is 0 Å². The molecule has 1 rings (SSSR count). The van der Waals surface area contributed by atoms with Crippen LogP contribution in [0.3, 0.4) is 0 Å². The summed E-state index contributed by atoms with van der Waals surface area (Å²) >= 11 is 6.26. The summed E-state index contributed by atoms with van der Waals surface area (Å²) in [5, 5.41) is 12.8. The lowest BCUT2D eigenvalue weighted by molar-refractivity contribution is -0.140. The Kier molecular flexibility index (Phi) is 8.20. The number of rotatable bonds is 10. The topological polar surface area (TPSA) is 67.8 Å². The Balaban J connectivity index is 2.84. The molecule has 0 spiro atoms. The summed E-state index contributed by atoms with van der Waals surface area (Å²) in [6, 6.07) is 3.00. The molecule has 0 amide bonds. The molecule has 0 aliphatic heterocycles. The van der Waals surface area contributed by atoms with Gasteiger partial charge >= 0.3 is 5.97 Å². The Hall–Kier alpha value is -1.46. The smallest absolute Gasteiger partial charge is 0.320 e. The van der Waals surface area contributed by atoms with Gasteiger partial charge in [-0.15, -0.1) is 0 Å². The highest BCUT2D eigenvalue weighted by atomic mass is 35.5. The third kappa shape index (κ3) is 6.28. The van der Waals surface area contributed by atoms with E-state index in [9.17, 15) is 9.90 Å². The Morgan fingerprint density at radius 2 is 2.09 bits per heavy atom. The van der Waals surface area contributed by atoms with Gasteiger partial charge in [-0.3, -0.25) is 4.79 Å². The average molecular weight is 344 g/mol. The molecule has 1 aromatic rings. The van der Waals surface area contributed by atoms with E-state index in [4.69, 9.17) is 21.1 Å².